The third kappa shape index (κ3) is 2.98. The first-order valence-corrected chi connectivity index (χ1v) is 6.75. The molecule has 18 heavy (non-hydrogen) atoms. The molecule has 0 saturated carbocycles. The number of nitrogens with zero attached hydrogens (tertiary/aromatic N) is 3. The molecule has 0 aliphatic rings. The first kappa shape index (κ1) is 13.3. The number of hydrogen-bond acceptors (Lipinski definition) is 5. The van der Waals surface area contributed by atoms with Crippen LogP contribution in [0.5, 0.6) is 0 Å². The lowest BCUT2D eigenvalue weighted by Crippen LogP contribution is -2.22. The molecule has 1 aromatic heterocycles. The Morgan fingerprint density at radius 2 is 2.28 bits per heavy atom. The highest BCUT2D eigenvalue weighted by Gasteiger charge is 2.15. The molecule has 2 rings (SSSR count). The molecule has 2 aromatic rings. The maximum absolute atomic E-state index is 6.00. The van der Waals surface area contributed by atoms with E-state index in [1.165, 1.54) is 17.1 Å². The van der Waals surface area contributed by atoms with Crippen molar-refractivity contribution < 1.29 is 0 Å². The van der Waals surface area contributed by atoms with Crippen LogP contribution in [0.25, 0.3) is 0 Å². The van der Waals surface area contributed by atoms with Crippen molar-refractivity contribution in [1.29, 1.82) is 0 Å². The van der Waals surface area contributed by atoms with E-state index in [1.807, 2.05) is 25.2 Å². The van der Waals surface area contributed by atoms with Gasteiger partial charge < -0.3 is 5.73 Å². The second-order valence-corrected chi connectivity index (χ2v) is 5.45. The molecule has 0 fully saturated rings. The van der Waals surface area contributed by atoms with E-state index in [9.17, 15) is 0 Å². The van der Waals surface area contributed by atoms with Gasteiger partial charge in [-0.3, -0.25) is 4.90 Å². The molecule has 0 amide bonds. The zero-order chi connectivity index (χ0) is 13.1. The first-order chi connectivity index (χ1) is 8.58. The number of rotatable bonds is 4. The van der Waals surface area contributed by atoms with Gasteiger partial charge in [-0.05, 0) is 31.7 Å². The Morgan fingerprint density at radius 1 is 1.50 bits per heavy atom. The van der Waals surface area contributed by atoms with Gasteiger partial charge in [0.2, 0.25) is 0 Å². The molecule has 1 atom stereocenters. The first-order valence-electron chi connectivity index (χ1n) is 5.60. The fourth-order valence-corrected chi connectivity index (χ4v) is 2.36. The second-order valence-electron chi connectivity index (χ2n) is 4.23. The fourth-order valence-electron chi connectivity index (χ4n) is 1.72. The zero-order valence-electron chi connectivity index (χ0n) is 10.3. The summed E-state index contributed by atoms with van der Waals surface area (Å²) in [4.78, 5) is 2.17. The molecule has 1 heterocycles. The standard InChI is InChI=1S/C12H15ClN4S/c1-8(9-4-3-5-10(13)6-9)17(2)7-11-12(14)18-16-15-11/h3-6,8H,7,14H2,1-2H3. The summed E-state index contributed by atoms with van der Waals surface area (Å²) in [7, 11) is 2.03. The highest BCUT2D eigenvalue weighted by atomic mass is 35.5. The molecule has 0 spiro atoms. The van der Waals surface area contributed by atoms with Crippen molar-refractivity contribution >= 4 is 28.1 Å². The number of nitrogens with two attached hydrogens (primary N) is 1. The average Bonchev–Trinajstić information content (AvgIpc) is 2.74. The largest absolute Gasteiger partial charge is 0.388 e. The van der Waals surface area contributed by atoms with Gasteiger partial charge in [0.1, 0.15) is 10.7 Å². The normalized spacial score (nSPS) is 12.9. The number of benzene rings is 1. The predicted octanol–water partition coefficient (Wildman–Crippen LogP) is 2.97. The fraction of sp³-hybridized carbons (Fsp3) is 0.333. The number of aromatic nitrogens is 2. The molecule has 4 nitrogen and oxygen atoms in total. The summed E-state index contributed by atoms with van der Waals surface area (Å²) >= 11 is 7.23. The predicted molar refractivity (Wildman–Crippen MR) is 75.7 cm³/mol. The van der Waals surface area contributed by atoms with Crippen molar-refractivity contribution in [2.45, 2.75) is 19.5 Å². The van der Waals surface area contributed by atoms with Crippen LogP contribution in [0.15, 0.2) is 24.3 Å². The molecule has 1 unspecified atom stereocenters. The van der Waals surface area contributed by atoms with Gasteiger partial charge >= 0.3 is 0 Å². The van der Waals surface area contributed by atoms with Crippen LogP contribution in [0.1, 0.15) is 24.2 Å². The van der Waals surface area contributed by atoms with E-state index in [0.29, 0.717) is 11.5 Å². The third-order valence-corrected chi connectivity index (χ3v) is 3.81. The zero-order valence-corrected chi connectivity index (χ0v) is 11.9. The highest BCUT2D eigenvalue weighted by Crippen LogP contribution is 2.24. The number of nitrogen functional groups attached to an aromatic ring is 1. The summed E-state index contributed by atoms with van der Waals surface area (Å²) in [6.45, 7) is 2.80. The van der Waals surface area contributed by atoms with Crippen molar-refractivity contribution in [3.05, 3.63) is 40.5 Å². The summed E-state index contributed by atoms with van der Waals surface area (Å²) in [5.41, 5.74) is 7.80. The van der Waals surface area contributed by atoms with E-state index in [0.717, 1.165) is 10.7 Å². The van der Waals surface area contributed by atoms with Crippen molar-refractivity contribution in [3.63, 3.8) is 0 Å². The molecule has 0 bridgehead atoms. The summed E-state index contributed by atoms with van der Waals surface area (Å²) < 4.78 is 3.84. The maximum Gasteiger partial charge on any atom is 0.132 e. The number of anilines is 1. The third-order valence-electron chi connectivity index (χ3n) is 2.98. The number of hydrogen-bond donors (Lipinski definition) is 1. The van der Waals surface area contributed by atoms with Crippen LogP contribution < -0.4 is 5.73 Å². The molecular formula is C12H15ClN4S. The quantitative estimate of drug-likeness (QED) is 0.937. The summed E-state index contributed by atoms with van der Waals surface area (Å²) in [6.07, 6.45) is 0. The van der Waals surface area contributed by atoms with Crippen LogP contribution in [0.4, 0.5) is 5.00 Å². The van der Waals surface area contributed by atoms with Crippen LogP contribution in [0, 0.1) is 0 Å². The van der Waals surface area contributed by atoms with E-state index in [1.54, 1.807) is 0 Å². The summed E-state index contributed by atoms with van der Waals surface area (Å²) in [6, 6.07) is 8.12. The molecule has 96 valence electrons. The molecule has 2 N–H and O–H groups in total. The van der Waals surface area contributed by atoms with Crippen LogP contribution in [0.2, 0.25) is 5.02 Å². The minimum absolute atomic E-state index is 0.241. The van der Waals surface area contributed by atoms with E-state index >= 15 is 0 Å². The van der Waals surface area contributed by atoms with Crippen LogP contribution in [-0.4, -0.2) is 21.5 Å². The SMILES string of the molecule is CC(c1cccc(Cl)c1)N(C)Cc1nnsc1N. The highest BCUT2D eigenvalue weighted by molar-refractivity contribution is 7.09. The Labute approximate surface area is 116 Å². The van der Waals surface area contributed by atoms with E-state index in [-0.39, 0.29) is 6.04 Å². The Hall–Kier alpha value is -1.17. The Kier molecular flexibility index (Phi) is 4.16. The van der Waals surface area contributed by atoms with Crippen molar-refractivity contribution in [2.75, 3.05) is 12.8 Å². The van der Waals surface area contributed by atoms with E-state index < -0.39 is 0 Å². The van der Waals surface area contributed by atoms with Gasteiger partial charge in [-0.1, -0.05) is 28.2 Å². The lowest BCUT2D eigenvalue weighted by molar-refractivity contribution is 0.250. The van der Waals surface area contributed by atoms with Crippen molar-refractivity contribution in [2.24, 2.45) is 0 Å². The summed E-state index contributed by atoms with van der Waals surface area (Å²) in [5.74, 6) is 0. The molecule has 6 heteroatoms. The number of halogens is 1. The average molecular weight is 283 g/mol. The molecule has 0 aliphatic carbocycles. The van der Waals surface area contributed by atoms with E-state index in [4.69, 9.17) is 17.3 Å². The van der Waals surface area contributed by atoms with Crippen LogP contribution in [-0.2, 0) is 6.54 Å². The van der Waals surface area contributed by atoms with Crippen molar-refractivity contribution in [3.8, 4) is 0 Å². The lowest BCUT2D eigenvalue weighted by Gasteiger charge is -2.24. The van der Waals surface area contributed by atoms with Gasteiger partial charge in [0, 0.05) is 29.1 Å². The monoisotopic (exact) mass is 282 g/mol. The summed E-state index contributed by atoms with van der Waals surface area (Å²) in [5, 5.41) is 5.46. The molecule has 0 radical (unpaired) electrons. The Balaban J connectivity index is 2.09. The van der Waals surface area contributed by atoms with Gasteiger partial charge in [0.05, 0.1) is 0 Å². The van der Waals surface area contributed by atoms with Crippen LogP contribution in [0.3, 0.4) is 0 Å². The topological polar surface area (TPSA) is 55.0 Å². The van der Waals surface area contributed by atoms with Gasteiger partial charge in [-0.2, -0.15) is 0 Å². The minimum atomic E-state index is 0.241. The lowest BCUT2D eigenvalue weighted by atomic mass is 10.1. The molecule has 0 aliphatic heterocycles. The van der Waals surface area contributed by atoms with Gasteiger partial charge in [-0.15, -0.1) is 5.10 Å². The molecule has 1 aromatic carbocycles. The van der Waals surface area contributed by atoms with Gasteiger partial charge in [0.15, 0.2) is 0 Å². The smallest absolute Gasteiger partial charge is 0.132 e. The van der Waals surface area contributed by atoms with Crippen molar-refractivity contribution in [1.82, 2.24) is 14.5 Å². The van der Waals surface area contributed by atoms with Gasteiger partial charge in [0.25, 0.3) is 0 Å². The maximum atomic E-state index is 6.00. The van der Waals surface area contributed by atoms with E-state index in [2.05, 4.69) is 27.5 Å². The van der Waals surface area contributed by atoms with Crippen LogP contribution >= 0.6 is 23.1 Å². The molecule has 0 saturated heterocycles. The van der Waals surface area contributed by atoms with Gasteiger partial charge in [-0.25, -0.2) is 0 Å². The Bertz CT molecular complexity index is 528. The Morgan fingerprint density at radius 3 is 2.89 bits per heavy atom. The minimum Gasteiger partial charge on any atom is -0.388 e. The molecular weight excluding hydrogens is 268 g/mol. The second kappa shape index (κ2) is 5.65.